The second kappa shape index (κ2) is 8.17. The Bertz CT molecular complexity index is 422. The largest absolute Gasteiger partial charge is 0.483 e. The Kier molecular flexibility index (Phi) is 6.87. The molecule has 106 valence electrons. The molecule has 1 atom stereocenters. The highest BCUT2D eigenvalue weighted by atomic mass is 79.9. The van der Waals surface area contributed by atoms with Gasteiger partial charge in [-0.3, -0.25) is 4.79 Å². The summed E-state index contributed by atoms with van der Waals surface area (Å²) in [5, 5.41) is 2.81. The number of carbonyl (C=O) groups excluding carboxylic acids is 1. The SMILES string of the molecule is CCCCNC(=O)COc1cc(Br)ccc1[C@@H](C)N. The summed E-state index contributed by atoms with van der Waals surface area (Å²) in [5.41, 5.74) is 6.77. The molecule has 0 aliphatic rings. The van der Waals surface area contributed by atoms with Crippen LogP contribution in [0.25, 0.3) is 0 Å². The molecule has 1 aromatic rings. The van der Waals surface area contributed by atoms with Gasteiger partial charge >= 0.3 is 0 Å². The van der Waals surface area contributed by atoms with Gasteiger partial charge < -0.3 is 15.8 Å². The van der Waals surface area contributed by atoms with Crippen molar-refractivity contribution in [3.63, 3.8) is 0 Å². The molecule has 1 aromatic carbocycles. The molecule has 1 amide bonds. The van der Waals surface area contributed by atoms with Crippen LogP contribution < -0.4 is 15.8 Å². The van der Waals surface area contributed by atoms with Crippen molar-refractivity contribution in [2.24, 2.45) is 5.73 Å². The molecule has 0 fully saturated rings. The summed E-state index contributed by atoms with van der Waals surface area (Å²) in [7, 11) is 0. The van der Waals surface area contributed by atoms with Crippen LogP contribution in [-0.4, -0.2) is 19.1 Å². The minimum absolute atomic E-state index is 0.0138. The van der Waals surface area contributed by atoms with Crippen molar-refractivity contribution in [1.29, 1.82) is 0 Å². The molecule has 0 aliphatic carbocycles. The first kappa shape index (κ1) is 16.0. The fraction of sp³-hybridized carbons (Fsp3) is 0.500. The maximum Gasteiger partial charge on any atom is 0.257 e. The van der Waals surface area contributed by atoms with Crippen LogP contribution in [-0.2, 0) is 4.79 Å². The van der Waals surface area contributed by atoms with Crippen LogP contribution >= 0.6 is 15.9 Å². The van der Waals surface area contributed by atoms with Crippen LogP contribution in [0.1, 0.15) is 38.3 Å². The van der Waals surface area contributed by atoms with Gasteiger partial charge in [0.1, 0.15) is 5.75 Å². The Morgan fingerprint density at radius 1 is 1.53 bits per heavy atom. The Labute approximate surface area is 122 Å². The third-order valence-electron chi connectivity index (χ3n) is 2.68. The molecule has 5 heteroatoms. The maximum absolute atomic E-state index is 11.6. The lowest BCUT2D eigenvalue weighted by Gasteiger charge is -2.14. The second-order valence-corrected chi connectivity index (χ2v) is 5.38. The molecule has 19 heavy (non-hydrogen) atoms. The molecule has 0 unspecified atom stereocenters. The van der Waals surface area contributed by atoms with E-state index >= 15 is 0 Å². The summed E-state index contributed by atoms with van der Waals surface area (Å²) >= 11 is 3.38. The first-order valence-corrected chi connectivity index (χ1v) is 7.28. The Hall–Kier alpha value is -1.07. The normalized spacial score (nSPS) is 12.0. The van der Waals surface area contributed by atoms with Gasteiger partial charge in [0.05, 0.1) is 0 Å². The number of amides is 1. The molecule has 0 bridgehead atoms. The summed E-state index contributed by atoms with van der Waals surface area (Å²) in [6, 6.07) is 5.51. The number of rotatable bonds is 7. The average Bonchev–Trinajstić information content (AvgIpc) is 2.36. The Morgan fingerprint density at radius 2 is 2.26 bits per heavy atom. The third-order valence-corrected chi connectivity index (χ3v) is 3.17. The minimum Gasteiger partial charge on any atom is -0.483 e. The van der Waals surface area contributed by atoms with E-state index in [0.29, 0.717) is 12.3 Å². The first-order chi connectivity index (χ1) is 9.04. The lowest BCUT2D eigenvalue weighted by molar-refractivity contribution is -0.123. The van der Waals surface area contributed by atoms with Crippen molar-refractivity contribution in [2.75, 3.05) is 13.2 Å². The zero-order chi connectivity index (χ0) is 14.3. The van der Waals surface area contributed by atoms with Crippen molar-refractivity contribution in [1.82, 2.24) is 5.32 Å². The maximum atomic E-state index is 11.6. The van der Waals surface area contributed by atoms with Crippen molar-refractivity contribution < 1.29 is 9.53 Å². The molecule has 0 heterocycles. The van der Waals surface area contributed by atoms with Crippen molar-refractivity contribution in [3.8, 4) is 5.75 Å². The molecule has 3 N–H and O–H groups in total. The topological polar surface area (TPSA) is 64.3 Å². The van der Waals surface area contributed by atoms with Crippen LogP contribution in [0.3, 0.4) is 0 Å². The van der Waals surface area contributed by atoms with Crippen molar-refractivity contribution in [3.05, 3.63) is 28.2 Å². The van der Waals surface area contributed by atoms with Gasteiger partial charge in [-0.2, -0.15) is 0 Å². The van der Waals surface area contributed by atoms with E-state index in [1.807, 2.05) is 25.1 Å². The zero-order valence-corrected chi connectivity index (χ0v) is 13.0. The van der Waals surface area contributed by atoms with E-state index in [1.165, 1.54) is 0 Å². The Balaban J connectivity index is 2.56. The summed E-state index contributed by atoms with van der Waals surface area (Å²) in [6.07, 6.45) is 2.04. The predicted octanol–water partition coefficient (Wildman–Crippen LogP) is 2.76. The van der Waals surface area contributed by atoms with E-state index < -0.39 is 0 Å². The molecule has 4 nitrogen and oxygen atoms in total. The predicted molar refractivity (Wildman–Crippen MR) is 80.2 cm³/mol. The first-order valence-electron chi connectivity index (χ1n) is 6.49. The highest BCUT2D eigenvalue weighted by Gasteiger charge is 2.10. The van der Waals surface area contributed by atoms with Crippen LogP contribution in [0.4, 0.5) is 0 Å². The van der Waals surface area contributed by atoms with Crippen molar-refractivity contribution >= 4 is 21.8 Å². The summed E-state index contributed by atoms with van der Waals surface area (Å²) in [6.45, 7) is 4.67. The van der Waals surface area contributed by atoms with E-state index in [9.17, 15) is 4.79 Å². The number of halogens is 1. The number of ether oxygens (including phenoxy) is 1. The van der Waals surface area contributed by atoms with E-state index in [-0.39, 0.29) is 18.6 Å². The van der Waals surface area contributed by atoms with Crippen LogP contribution in [0.15, 0.2) is 22.7 Å². The lowest BCUT2D eigenvalue weighted by Crippen LogP contribution is -2.29. The molecule has 0 spiro atoms. The number of carbonyl (C=O) groups is 1. The lowest BCUT2D eigenvalue weighted by atomic mass is 10.1. The molecule has 0 saturated carbocycles. The van der Waals surface area contributed by atoms with Gasteiger partial charge in [0.15, 0.2) is 6.61 Å². The molecule has 0 radical (unpaired) electrons. The quantitative estimate of drug-likeness (QED) is 0.756. The van der Waals surface area contributed by atoms with Gasteiger partial charge in [0.25, 0.3) is 5.91 Å². The molecule has 0 aliphatic heterocycles. The third kappa shape index (κ3) is 5.61. The summed E-state index contributed by atoms with van der Waals surface area (Å²) < 4.78 is 6.45. The van der Waals surface area contributed by atoms with Gasteiger partial charge in [0, 0.05) is 22.6 Å². The fourth-order valence-electron chi connectivity index (χ4n) is 1.61. The second-order valence-electron chi connectivity index (χ2n) is 4.46. The summed E-state index contributed by atoms with van der Waals surface area (Å²) in [4.78, 5) is 11.6. The minimum atomic E-state index is -0.133. The standard InChI is InChI=1S/C14H21BrN2O2/c1-3-4-7-17-14(18)9-19-13-8-11(15)5-6-12(13)10(2)16/h5-6,8,10H,3-4,7,9,16H2,1-2H3,(H,17,18)/t10-/m1/s1. The number of unbranched alkanes of at least 4 members (excludes halogenated alkanes) is 1. The highest BCUT2D eigenvalue weighted by molar-refractivity contribution is 9.10. The van der Waals surface area contributed by atoms with Crippen LogP contribution in [0, 0.1) is 0 Å². The molecular formula is C14H21BrN2O2. The van der Waals surface area contributed by atoms with Crippen LogP contribution in [0.5, 0.6) is 5.75 Å². The number of hydrogen-bond donors (Lipinski definition) is 2. The van der Waals surface area contributed by atoms with E-state index in [0.717, 1.165) is 22.9 Å². The summed E-state index contributed by atoms with van der Waals surface area (Å²) in [5.74, 6) is 0.541. The van der Waals surface area contributed by atoms with E-state index in [2.05, 4.69) is 28.2 Å². The van der Waals surface area contributed by atoms with Crippen molar-refractivity contribution in [2.45, 2.75) is 32.7 Å². The highest BCUT2D eigenvalue weighted by Crippen LogP contribution is 2.27. The number of nitrogens with one attached hydrogen (secondary N) is 1. The van der Waals surface area contributed by atoms with E-state index in [1.54, 1.807) is 0 Å². The van der Waals surface area contributed by atoms with Gasteiger partial charge in [-0.25, -0.2) is 0 Å². The zero-order valence-electron chi connectivity index (χ0n) is 11.4. The fourth-order valence-corrected chi connectivity index (χ4v) is 1.95. The molecule has 1 rings (SSSR count). The van der Waals surface area contributed by atoms with Gasteiger partial charge in [-0.15, -0.1) is 0 Å². The monoisotopic (exact) mass is 328 g/mol. The number of nitrogens with two attached hydrogens (primary N) is 1. The van der Waals surface area contributed by atoms with Gasteiger partial charge in [-0.05, 0) is 25.5 Å². The number of benzene rings is 1. The number of hydrogen-bond acceptors (Lipinski definition) is 3. The van der Waals surface area contributed by atoms with Crippen LogP contribution in [0.2, 0.25) is 0 Å². The average molecular weight is 329 g/mol. The Morgan fingerprint density at radius 3 is 2.89 bits per heavy atom. The van der Waals surface area contributed by atoms with Gasteiger partial charge in [0.2, 0.25) is 0 Å². The molecule has 0 aromatic heterocycles. The van der Waals surface area contributed by atoms with Gasteiger partial charge in [-0.1, -0.05) is 35.3 Å². The molecule has 0 saturated heterocycles. The van der Waals surface area contributed by atoms with E-state index in [4.69, 9.17) is 10.5 Å². The smallest absolute Gasteiger partial charge is 0.257 e. The molecular weight excluding hydrogens is 308 g/mol.